The average molecular weight is 571 g/mol. The summed E-state index contributed by atoms with van der Waals surface area (Å²) in [6.45, 7) is 1.07. The summed E-state index contributed by atoms with van der Waals surface area (Å²) < 4.78 is 48.7. The number of hydrogen-bond acceptors (Lipinski definition) is 8. The van der Waals surface area contributed by atoms with E-state index in [0.717, 1.165) is 6.26 Å². The van der Waals surface area contributed by atoms with Crippen molar-refractivity contribution in [1.29, 1.82) is 0 Å². The molecule has 0 radical (unpaired) electrons. The number of anilines is 1. The topological polar surface area (TPSA) is 122 Å². The zero-order valence-electron chi connectivity index (χ0n) is 19.4. The predicted molar refractivity (Wildman–Crippen MR) is 135 cm³/mol. The van der Waals surface area contributed by atoms with Crippen molar-refractivity contribution < 1.29 is 31.6 Å². The molecule has 3 heterocycles. The van der Waals surface area contributed by atoms with Crippen molar-refractivity contribution in [3.63, 3.8) is 0 Å². The number of benzene rings is 1. The largest absolute Gasteiger partial charge is 0.465 e. The SMILES string of the molecule is CS(=O)(=O)OCc1cc(-c2cc(Cl)cc(Cl)c2)nc(Oc2ccc(N3CCN(C(=O)O)CC3)nc2)c1F. The van der Waals surface area contributed by atoms with E-state index in [1.54, 1.807) is 24.3 Å². The lowest BCUT2D eigenvalue weighted by atomic mass is 10.1. The number of halogens is 3. The van der Waals surface area contributed by atoms with Crippen LogP contribution in [0, 0.1) is 5.82 Å². The predicted octanol–water partition coefficient (Wildman–Crippen LogP) is 4.66. The van der Waals surface area contributed by atoms with Gasteiger partial charge in [0.1, 0.15) is 11.6 Å². The first kappa shape index (κ1) is 26.9. The first-order chi connectivity index (χ1) is 17.5. The molecule has 1 fully saturated rings. The van der Waals surface area contributed by atoms with Crippen LogP contribution in [0.2, 0.25) is 10.0 Å². The molecule has 1 aliphatic heterocycles. The van der Waals surface area contributed by atoms with Gasteiger partial charge in [0.15, 0.2) is 5.82 Å². The second kappa shape index (κ2) is 11.1. The van der Waals surface area contributed by atoms with Gasteiger partial charge in [-0.2, -0.15) is 8.42 Å². The van der Waals surface area contributed by atoms with Crippen LogP contribution in [-0.4, -0.2) is 66.9 Å². The normalized spacial score (nSPS) is 14.1. The van der Waals surface area contributed by atoms with Gasteiger partial charge in [-0.25, -0.2) is 19.2 Å². The molecule has 1 aromatic carbocycles. The minimum absolute atomic E-state index is 0.109. The van der Waals surface area contributed by atoms with Gasteiger partial charge in [0.25, 0.3) is 16.0 Å². The van der Waals surface area contributed by atoms with Crippen molar-refractivity contribution in [2.45, 2.75) is 6.61 Å². The number of amides is 1. The fraction of sp³-hybridized carbons (Fsp3) is 0.261. The fourth-order valence-electron chi connectivity index (χ4n) is 3.61. The van der Waals surface area contributed by atoms with Crippen molar-refractivity contribution in [1.82, 2.24) is 14.9 Å². The average Bonchev–Trinajstić information content (AvgIpc) is 2.84. The molecule has 1 amide bonds. The number of ether oxygens (including phenoxy) is 1. The molecule has 0 saturated carbocycles. The lowest BCUT2D eigenvalue weighted by Crippen LogP contribution is -2.48. The van der Waals surface area contributed by atoms with E-state index < -0.39 is 34.5 Å². The summed E-state index contributed by atoms with van der Waals surface area (Å²) in [5.41, 5.74) is 0.577. The van der Waals surface area contributed by atoms with Crippen LogP contribution in [0.25, 0.3) is 11.3 Å². The van der Waals surface area contributed by atoms with Crippen molar-refractivity contribution in [2.75, 3.05) is 37.3 Å². The van der Waals surface area contributed by atoms with Crippen LogP contribution in [0.1, 0.15) is 5.56 Å². The van der Waals surface area contributed by atoms with E-state index in [4.69, 9.17) is 37.2 Å². The van der Waals surface area contributed by atoms with Crippen molar-refractivity contribution in [3.8, 4) is 22.9 Å². The Bertz CT molecular complexity index is 1400. The van der Waals surface area contributed by atoms with E-state index in [-0.39, 0.29) is 17.0 Å². The summed E-state index contributed by atoms with van der Waals surface area (Å²) in [6.07, 6.45) is 1.28. The monoisotopic (exact) mass is 570 g/mol. The molecule has 0 unspecified atom stereocenters. The van der Waals surface area contributed by atoms with Crippen molar-refractivity contribution >= 4 is 45.2 Å². The highest BCUT2D eigenvalue weighted by atomic mass is 35.5. The molecule has 3 aromatic rings. The molecule has 0 atom stereocenters. The third-order valence-electron chi connectivity index (χ3n) is 5.40. The third kappa shape index (κ3) is 6.98. The fourth-order valence-corrected chi connectivity index (χ4v) is 4.47. The van der Waals surface area contributed by atoms with Gasteiger partial charge in [-0.1, -0.05) is 23.2 Å². The lowest BCUT2D eigenvalue weighted by Gasteiger charge is -2.33. The summed E-state index contributed by atoms with van der Waals surface area (Å²) in [5.74, 6) is -0.550. The van der Waals surface area contributed by atoms with Crippen LogP contribution < -0.4 is 9.64 Å². The zero-order chi connectivity index (χ0) is 26.7. The number of carbonyl (C=O) groups is 1. The molecule has 1 N–H and O–H groups in total. The van der Waals surface area contributed by atoms with Crippen LogP contribution in [0.5, 0.6) is 11.6 Å². The van der Waals surface area contributed by atoms with Crippen LogP contribution in [0.3, 0.4) is 0 Å². The molecule has 2 aromatic heterocycles. The minimum Gasteiger partial charge on any atom is -0.465 e. The highest BCUT2D eigenvalue weighted by Crippen LogP contribution is 2.32. The Hall–Kier alpha value is -3.19. The molecule has 0 aliphatic carbocycles. The summed E-state index contributed by atoms with van der Waals surface area (Å²) in [6, 6.07) is 9.22. The van der Waals surface area contributed by atoms with E-state index in [1.165, 1.54) is 23.2 Å². The Balaban J connectivity index is 1.60. The van der Waals surface area contributed by atoms with Crippen LogP contribution in [0.15, 0.2) is 42.6 Å². The molecule has 10 nitrogen and oxygen atoms in total. The second-order valence-corrected chi connectivity index (χ2v) is 10.6. The standard InChI is InChI=1S/C23H21Cl2FN4O6S/c1-37(33,34)35-13-15-10-19(14-8-16(24)11-17(25)9-14)28-22(21(15)26)36-18-2-3-20(27-12-18)29-4-6-30(7-5-29)23(31)32/h2-3,8-12H,4-7,13H2,1H3,(H,31,32). The molecule has 37 heavy (non-hydrogen) atoms. The molecule has 1 saturated heterocycles. The van der Waals surface area contributed by atoms with Crippen LogP contribution >= 0.6 is 23.2 Å². The van der Waals surface area contributed by atoms with Gasteiger partial charge in [-0.3, -0.25) is 4.18 Å². The Morgan fingerprint density at radius 2 is 1.78 bits per heavy atom. The van der Waals surface area contributed by atoms with Gasteiger partial charge in [0.2, 0.25) is 0 Å². The Morgan fingerprint density at radius 3 is 2.35 bits per heavy atom. The molecule has 196 valence electrons. The summed E-state index contributed by atoms with van der Waals surface area (Å²) in [5, 5.41) is 9.75. The van der Waals surface area contributed by atoms with E-state index in [2.05, 4.69) is 9.97 Å². The van der Waals surface area contributed by atoms with E-state index >= 15 is 4.39 Å². The zero-order valence-corrected chi connectivity index (χ0v) is 21.7. The minimum atomic E-state index is -3.85. The summed E-state index contributed by atoms with van der Waals surface area (Å²) in [4.78, 5) is 22.9. The Labute approximate surface area is 222 Å². The number of rotatable bonds is 7. The lowest BCUT2D eigenvalue weighted by molar-refractivity contribution is 0.142. The number of piperazine rings is 1. The van der Waals surface area contributed by atoms with E-state index in [9.17, 15) is 13.2 Å². The molecule has 0 spiro atoms. The van der Waals surface area contributed by atoms with Crippen molar-refractivity contribution in [3.05, 3.63) is 64.0 Å². The number of nitrogens with zero attached hydrogens (tertiary/aromatic N) is 4. The van der Waals surface area contributed by atoms with Crippen LogP contribution in [-0.2, 0) is 20.9 Å². The Kier molecular flexibility index (Phi) is 8.02. The molecular formula is C23H21Cl2FN4O6S. The van der Waals surface area contributed by atoms with E-state index in [0.29, 0.717) is 47.6 Å². The Morgan fingerprint density at radius 1 is 1.11 bits per heavy atom. The number of hydrogen-bond donors (Lipinski definition) is 1. The maximum absolute atomic E-state index is 15.3. The van der Waals surface area contributed by atoms with Gasteiger partial charge in [-0.15, -0.1) is 0 Å². The third-order valence-corrected chi connectivity index (χ3v) is 6.38. The summed E-state index contributed by atoms with van der Waals surface area (Å²) >= 11 is 12.2. The van der Waals surface area contributed by atoms with E-state index in [1.807, 2.05) is 4.90 Å². The van der Waals surface area contributed by atoms with Gasteiger partial charge in [-0.05, 0) is 36.4 Å². The summed E-state index contributed by atoms with van der Waals surface area (Å²) in [7, 11) is -3.85. The van der Waals surface area contributed by atoms with Crippen molar-refractivity contribution in [2.24, 2.45) is 0 Å². The number of aromatic nitrogens is 2. The second-order valence-electron chi connectivity index (χ2n) is 8.12. The maximum atomic E-state index is 15.3. The first-order valence-electron chi connectivity index (χ1n) is 10.9. The van der Waals surface area contributed by atoms with Gasteiger partial charge in [0, 0.05) is 47.4 Å². The number of pyridine rings is 2. The highest BCUT2D eigenvalue weighted by molar-refractivity contribution is 7.85. The maximum Gasteiger partial charge on any atom is 0.407 e. The first-order valence-corrected chi connectivity index (χ1v) is 13.4. The van der Waals surface area contributed by atoms with Gasteiger partial charge < -0.3 is 19.6 Å². The van der Waals surface area contributed by atoms with Crippen LogP contribution in [0.4, 0.5) is 15.0 Å². The highest BCUT2D eigenvalue weighted by Gasteiger charge is 2.22. The smallest absolute Gasteiger partial charge is 0.407 e. The number of carboxylic acid groups (broad SMARTS) is 1. The molecule has 4 rings (SSSR count). The molecule has 14 heteroatoms. The van der Waals surface area contributed by atoms with Gasteiger partial charge >= 0.3 is 6.09 Å². The quantitative estimate of drug-likeness (QED) is 0.404. The molecule has 0 bridgehead atoms. The van der Waals surface area contributed by atoms with Gasteiger partial charge in [0.05, 0.1) is 24.8 Å². The molecule has 1 aliphatic rings. The molecular weight excluding hydrogens is 550 g/mol.